The van der Waals surface area contributed by atoms with Gasteiger partial charge in [0.1, 0.15) is 0 Å². The average molecular weight is 597 g/mol. The lowest BCUT2D eigenvalue weighted by molar-refractivity contribution is -0.197. The summed E-state index contributed by atoms with van der Waals surface area (Å²) in [6, 6.07) is 0. The van der Waals surface area contributed by atoms with Crippen molar-refractivity contribution in [3.8, 4) is 0 Å². The van der Waals surface area contributed by atoms with Crippen LogP contribution >= 0.6 is 22.6 Å². The zero-order chi connectivity index (χ0) is 25.1. The molecule has 0 saturated carbocycles. The summed E-state index contributed by atoms with van der Waals surface area (Å²) in [5, 5.41) is 0.304. The minimum Gasteiger partial charge on any atom is -0.411 e. The molecule has 6 heteroatoms. The molecule has 6 atom stereocenters. The number of ether oxygens (including phenoxy) is 1. The molecule has 0 unspecified atom stereocenters. The van der Waals surface area contributed by atoms with E-state index in [4.69, 9.17) is 13.6 Å². The van der Waals surface area contributed by atoms with Gasteiger partial charge in [-0.2, -0.15) is 0 Å². The van der Waals surface area contributed by atoms with Crippen LogP contribution in [0.5, 0.6) is 0 Å². The molecule has 1 fully saturated rings. The Kier molecular flexibility index (Phi) is 11.2. The fourth-order valence-electron chi connectivity index (χ4n) is 3.83. The maximum Gasteiger partial charge on any atom is 0.192 e. The summed E-state index contributed by atoms with van der Waals surface area (Å²) < 4.78 is 23.4. The van der Waals surface area contributed by atoms with Gasteiger partial charge in [0, 0.05) is 11.8 Å². The van der Waals surface area contributed by atoms with Crippen molar-refractivity contribution in [3.05, 3.63) is 10.2 Å². The molecule has 3 nitrogen and oxygen atoms in total. The van der Waals surface area contributed by atoms with Crippen LogP contribution in [-0.2, 0) is 13.6 Å². The maximum absolute atomic E-state index is 7.23. The topological polar surface area (TPSA) is 27.7 Å². The molecular formula is C26H53IO3Si2. The van der Waals surface area contributed by atoms with Crippen molar-refractivity contribution in [2.45, 2.75) is 142 Å². The highest BCUT2D eigenvalue weighted by Gasteiger charge is 2.53. The Bertz CT molecular complexity index is 607. The summed E-state index contributed by atoms with van der Waals surface area (Å²) in [7, 11) is -3.99. The van der Waals surface area contributed by atoms with E-state index in [1.165, 1.54) is 12.8 Å². The molecule has 0 bridgehead atoms. The van der Waals surface area contributed by atoms with Gasteiger partial charge in [0.15, 0.2) is 16.6 Å². The summed E-state index contributed by atoms with van der Waals surface area (Å²) in [6.45, 7) is 30.3. The van der Waals surface area contributed by atoms with Crippen molar-refractivity contribution < 1.29 is 13.6 Å². The molecule has 0 radical (unpaired) electrons. The van der Waals surface area contributed by atoms with Crippen molar-refractivity contribution in [1.29, 1.82) is 0 Å². The first-order valence-corrected chi connectivity index (χ1v) is 19.7. The van der Waals surface area contributed by atoms with Gasteiger partial charge in [-0.15, -0.1) is 0 Å². The second kappa shape index (κ2) is 11.7. The largest absolute Gasteiger partial charge is 0.411 e. The summed E-state index contributed by atoms with van der Waals surface area (Å²) in [4.78, 5) is 0. The Labute approximate surface area is 216 Å². The van der Waals surface area contributed by atoms with Crippen LogP contribution in [0.25, 0.3) is 0 Å². The van der Waals surface area contributed by atoms with Crippen molar-refractivity contribution >= 4 is 39.2 Å². The molecular weight excluding hydrogens is 543 g/mol. The van der Waals surface area contributed by atoms with Gasteiger partial charge in [0.25, 0.3) is 0 Å². The molecule has 0 aromatic heterocycles. The summed E-state index contributed by atoms with van der Waals surface area (Å²) in [5.74, 6) is 0.598. The SMILES string of the molecule is CCCC[C@@H]1O[C@@H]([C@@H](C)/C=C/I)[C@@H](O[Si](C)(C)C(C)(C)C)[C@@H](O[Si](C)(C)C(C)(C)C)[C@H]1C. The second-order valence-corrected chi connectivity index (χ2v) is 23.2. The third-order valence-corrected chi connectivity index (χ3v) is 17.7. The van der Waals surface area contributed by atoms with Crippen LogP contribution in [-0.4, -0.2) is 41.1 Å². The first-order valence-electron chi connectivity index (χ1n) is 12.7. The molecule has 0 spiro atoms. The van der Waals surface area contributed by atoms with E-state index in [1.54, 1.807) is 0 Å². The van der Waals surface area contributed by atoms with Crippen LogP contribution < -0.4 is 0 Å². The average Bonchev–Trinajstić information content (AvgIpc) is 2.62. The highest BCUT2D eigenvalue weighted by molar-refractivity contribution is 14.1. The zero-order valence-electron chi connectivity index (χ0n) is 23.3. The van der Waals surface area contributed by atoms with Crippen LogP contribution in [0.2, 0.25) is 36.3 Å². The van der Waals surface area contributed by atoms with Crippen LogP contribution in [0.1, 0.15) is 81.6 Å². The van der Waals surface area contributed by atoms with E-state index in [9.17, 15) is 0 Å². The number of hydrogen-bond donors (Lipinski definition) is 0. The molecule has 1 saturated heterocycles. The van der Waals surface area contributed by atoms with Crippen molar-refractivity contribution in [2.24, 2.45) is 11.8 Å². The molecule has 1 rings (SSSR count). The monoisotopic (exact) mass is 596 g/mol. The Morgan fingerprint density at radius 3 is 1.81 bits per heavy atom. The van der Waals surface area contributed by atoms with E-state index in [1.807, 2.05) is 0 Å². The smallest absolute Gasteiger partial charge is 0.192 e. The van der Waals surface area contributed by atoms with Crippen molar-refractivity contribution in [3.63, 3.8) is 0 Å². The molecule has 0 N–H and O–H groups in total. The van der Waals surface area contributed by atoms with Gasteiger partial charge >= 0.3 is 0 Å². The predicted octanol–water partition coefficient (Wildman–Crippen LogP) is 8.95. The van der Waals surface area contributed by atoms with E-state index in [0.717, 1.165) is 6.42 Å². The van der Waals surface area contributed by atoms with Gasteiger partial charge in [-0.1, -0.05) is 104 Å². The normalized spacial score (nSPS) is 29.5. The van der Waals surface area contributed by atoms with Crippen molar-refractivity contribution in [1.82, 2.24) is 0 Å². The lowest BCUT2D eigenvalue weighted by Crippen LogP contribution is -2.63. The molecule has 1 aliphatic rings. The zero-order valence-corrected chi connectivity index (χ0v) is 27.5. The van der Waals surface area contributed by atoms with Gasteiger partial charge in [-0.3, -0.25) is 0 Å². The van der Waals surface area contributed by atoms with Crippen LogP contribution in [0.4, 0.5) is 0 Å². The Balaban J connectivity index is 3.51. The van der Waals surface area contributed by atoms with Gasteiger partial charge in [0.05, 0.1) is 24.4 Å². The van der Waals surface area contributed by atoms with Crippen LogP contribution in [0.3, 0.4) is 0 Å². The standard InChI is InChI=1S/C26H53IO3Si2/c1-14-15-16-21-20(3)23(29-31(10,11)25(4,5)6)24(22(28-21)19(2)17-18-27)30-32(12,13)26(7,8)9/h17-24H,14-16H2,1-13H3/b18-17+/t19-,20-,21-,22-,23-,24+/m0/s1. The minimum absolute atomic E-state index is 0.0166. The quantitative estimate of drug-likeness (QED) is 0.196. The Morgan fingerprint density at radius 2 is 1.41 bits per heavy atom. The highest BCUT2D eigenvalue weighted by atomic mass is 127. The molecule has 0 aromatic rings. The molecule has 32 heavy (non-hydrogen) atoms. The third kappa shape index (κ3) is 7.64. The summed E-state index contributed by atoms with van der Waals surface area (Å²) >= 11 is 2.32. The number of rotatable bonds is 9. The molecule has 0 amide bonds. The molecule has 1 aliphatic heterocycles. The van der Waals surface area contributed by atoms with E-state index in [-0.39, 0.29) is 40.4 Å². The van der Waals surface area contributed by atoms with E-state index >= 15 is 0 Å². The van der Waals surface area contributed by atoms with E-state index < -0.39 is 16.6 Å². The first-order chi connectivity index (χ1) is 14.4. The molecule has 0 aliphatic carbocycles. The molecule has 0 aromatic carbocycles. The summed E-state index contributed by atoms with van der Waals surface area (Å²) in [6.07, 6.45) is 6.01. The second-order valence-electron chi connectivity index (χ2n) is 13.0. The van der Waals surface area contributed by atoms with Crippen LogP contribution in [0.15, 0.2) is 10.2 Å². The number of halogens is 1. The molecule has 190 valence electrons. The van der Waals surface area contributed by atoms with Gasteiger partial charge < -0.3 is 13.6 Å². The van der Waals surface area contributed by atoms with Gasteiger partial charge in [0.2, 0.25) is 0 Å². The maximum atomic E-state index is 7.23. The fraction of sp³-hybridized carbons (Fsp3) is 0.923. The Morgan fingerprint density at radius 1 is 0.938 bits per heavy atom. The number of unbranched alkanes of at least 4 members (excludes halogenated alkanes) is 1. The van der Waals surface area contributed by atoms with E-state index in [2.05, 4.69) is 121 Å². The third-order valence-electron chi connectivity index (χ3n) is 8.29. The van der Waals surface area contributed by atoms with Crippen molar-refractivity contribution in [2.75, 3.05) is 0 Å². The minimum atomic E-state index is -2.01. The lowest BCUT2D eigenvalue weighted by Gasteiger charge is -2.53. The highest BCUT2D eigenvalue weighted by Crippen LogP contribution is 2.45. The van der Waals surface area contributed by atoms with Crippen LogP contribution in [0, 0.1) is 11.8 Å². The number of hydrogen-bond acceptors (Lipinski definition) is 3. The van der Waals surface area contributed by atoms with Gasteiger partial charge in [-0.05, 0) is 46.8 Å². The lowest BCUT2D eigenvalue weighted by atomic mass is 9.82. The molecule has 1 heterocycles. The Hall–Kier alpha value is 0.784. The van der Waals surface area contributed by atoms with E-state index in [0.29, 0.717) is 5.92 Å². The first kappa shape index (κ1) is 30.8. The fourth-order valence-corrected chi connectivity index (χ4v) is 7.17. The van der Waals surface area contributed by atoms with Gasteiger partial charge in [-0.25, -0.2) is 0 Å². The predicted molar refractivity (Wildman–Crippen MR) is 154 cm³/mol. The summed E-state index contributed by atoms with van der Waals surface area (Å²) in [5.41, 5.74) is 0.